The van der Waals surface area contributed by atoms with Gasteiger partial charge in [-0.15, -0.1) is 0 Å². The average Bonchev–Trinajstić information content (AvgIpc) is 2.70. The number of hydrogen-bond acceptors (Lipinski definition) is 5. The first-order chi connectivity index (χ1) is 12.7. The van der Waals surface area contributed by atoms with Crippen LogP contribution >= 0.6 is 0 Å². The number of aliphatic imine (C=N–C) groups is 2. The molecule has 0 aliphatic rings. The third-order valence-corrected chi connectivity index (χ3v) is 3.69. The maximum Gasteiger partial charge on any atom is 0.174 e. The first-order valence-corrected chi connectivity index (χ1v) is 8.43. The van der Waals surface area contributed by atoms with Crippen LogP contribution < -0.4 is 0 Å². The van der Waals surface area contributed by atoms with Crippen LogP contribution in [-0.4, -0.2) is 33.4 Å². The van der Waals surface area contributed by atoms with Crippen molar-refractivity contribution in [3.8, 4) is 0 Å². The van der Waals surface area contributed by atoms with Gasteiger partial charge in [-0.05, 0) is 49.3 Å². The van der Waals surface area contributed by atoms with Crippen molar-refractivity contribution in [2.75, 3.05) is 7.05 Å². The van der Waals surface area contributed by atoms with E-state index in [1.165, 1.54) is 0 Å². The lowest BCUT2D eigenvalue weighted by atomic mass is 10.0. The molecule has 2 aromatic heterocycles. The molecule has 0 saturated heterocycles. The van der Waals surface area contributed by atoms with Crippen molar-refractivity contribution >= 4 is 17.0 Å². The summed E-state index contributed by atoms with van der Waals surface area (Å²) >= 11 is 0. The Kier molecular flexibility index (Phi) is 7.31. The standard InChI is InChI=1S/C21H23N5/c1-5-7-12-24-16(3)21-25-13-10-19(26-21)17(6-2)14-20(22-4)18-9-8-11-23-15-18/h5,7-15H,1,6H2,2-4H3/b12-7-,17-14+,22-20?,24-16?. The van der Waals surface area contributed by atoms with Crippen LogP contribution in [0.5, 0.6) is 0 Å². The highest BCUT2D eigenvalue weighted by Gasteiger charge is 2.08. The molecule has 0 amide bonds. The smallest absolute Gasteiger partial charge is 0.174 e. The second-order valence-electron chi connectivity index (χ2n) is 5.43. The summed E-state index contributed by atoms with van der Waals surface area (Å²) in [6, 6.07) is 5.80. The van der Waals surface area contributed by atoms with Gasteiger partial charge in [-0.2, -0.15) is 0 Å². The minimum Gasteiger partial charge on any atom is -0.288 e. The molecule has 2 aromatic rings. The summed E-state index contributed by atoms with van der Waals surface area (Å²) in [5.41, 5.74) is 4.53. The monoisotopic (exact) mass is 345 g/mol. The maximum absolute atomic E-state index is 4.66. The summed E-state index contributed by atoms with van der Waals surface area (Å²) in [7, 11) is 1.78. The molecule has 26 heavy (non-hydrogen) atoms. The van der Waals surface area contributed by atoms with Gasteiger partial charge >= 0.3 is 0 Å². The molecule has 2 rings (SSSR count). The number of allylic oxidation sites excluding steroid dienone is 4. The van der Waals surface area contributed by atoms with Crippen molar-refractivity contribution in [1.82, 2.24) is 15.0 Å². The minimum absolute atomic E-state index is 0.604. The molecule has 0 aliphatic carbocycles. The predicted octanol–water partition coefficient (Wildman–Crippen LogP) is 4.29. The molecule has 0 atom stereocenters. The normalized spacial score (nSPS) is 13.3. The lowest BCUT2D eigenvalue weighted by Crippen LogP contribution is -2.05. The van der Waals surface area contributed by atoms with Gasteiger partial charge in [-0.25, -0.2) is 9.97 Å². The molecule has 0 radical (unpaired) electrons. The van der Waals surface area contributed by atoms with Crippen LogP contribution in [0.1, 0.15) is 37.4 Å². The lowest BCUT2D eigenvalue weighted by molar-refractivity contribution is 1.08. The fraction of sp³-hybridized carbons (Fsp3) is 0.190. The molecule has 0 saturated carbocycles. The van der Waals surface area contributed by atoms with Crippen LogP contribution in [0.25, 0.3) is 5.57 Å². The van der Waals surface area contributed by atoms with Gasteiger partial charge in [0.05, 0.1) is 17.1 Å². The molecule has 0 unspecified atom stereocenters. The van der Waals surface area contributed by atoms with E-state index < -0.39 is 0 Å². The molecular formula is C21H23N5. The molecule has 0 N–H and O–H groups in total. The fourth-order valence-corrected chi connectivity index (χ4v) is 2.30. The second-order valence-corrected chi connectivity index (χ2v) is 5.43. The molecule has 132 valence electrons. The highest BCUT2D eigenvalue weighted by Crippen LogP contribution is 2.17. The van der Waals surface area contributed by atoms with Crippen LogP contribution in [-0.2, 0) is 0 Å². The highest BCUT2D eigenvalue weighted by atomic mass is 14.9. The summed E-state index contributed by atoms with van der Waals surface area (Å²) < 4.78 is 0. The van der Waals surface area contributed by atoms with E-state index in [2.05, 4.69) is 38.4 Å². The van der Waals surface area contributed by atoms with Gasteiger partial charge in [0, 0.05) is 37.4 Å². The van der Waals surface area contributed by atoms with Crippen molar-refractivity contribution in [2.24, 2.45) is 9.98 Å². The van der Waals surface area contributed by atoms with Crippen molar-refractivity contribution < 1.29 is 0 Å². The van der Waals surface area contributed by atoms with E-state index in [1.807, 2.05) is 31.2 Å². The van der Waals surface area contributed by atoms with Crippen LogP contribution in [0.2, 0.25) is 0 Å². The van der Waals surface area contributed by atoms with Crippen LogP contribution in [0.3, 0.4) is 0 Å². The minimum atomic E-state index is 0.604. The first kappa shape index (κ1) is 19.1. The zero-order valence-electron chi connectivity index (χ0n) is 15.4. The second kappa shape index (κ2) is 9.93. The summed E-state index contributed by atoms with van der Waals surface area (Å²) in [6.07, 6.45) is 13.3. The number of rotatable bonds is 7. The zero-order chi connectivity index (χ0) is 18.8. The van der Waals surface area contributed by atoms with E-state index in [1.54, 1.807) is 44.0 Å². The van der Waals surface area contributed by atoms with Gasteiger partial charge in [-0.3, -0.25) is 15.0 Å². The topological polar surface area (TPSA) is 63.4 Å². The van der Waals surface area contributed by atoms with E-state index >= 15 is 0 Å². The number of nitrogens with zero attached hydrogens (tertiary/aromatic N) is 5. The van der Waals surface area contributed by atoms with Crippen LogP contribution in [0, 0.1) is 0 Å². The van der Waals surface area contributed by atoms with E-state index in [-0.39, 0.29) is 0 Å². The number of hydrogen-bond donors (Lipinski definition) is 0. The summed E-state index contributed by atoms with van der Waals surface area (Å²) in [5.74, 6) is 0.604. The molecule has 0 aromatic carbocycles. The van der Waals surface area contributed by atoms with E-state index in [4.69, 9.17) is 0 Å². The largest absolute Gasteiger partial charge is 0.288 e. The molecule has 0 fully saturated rings. The number of aromatic nitrogens is 3. The quantitative estimate of drug-likeness (QED) is 0.555. The number of pyridine rings is 1. The Morgan fingerprint density at radius 3 is 2.77 bits per heavy atom. The van der Waals surface area contributed by atoms with Gasteiger partial charge in [-0.1, -0.05) is 19.6 Å². The maximum atomic E-state index is 4.66. The van der Waals surface area contributed by atoms with Crippen molar-refractivity contribution in [3.05, 3.63) is 84.9 Å². The van der Waals surface area contributed by atoms with Gasteiger partial charge in [0.1, 0.15) is 0 Å². The Morgan fingerprint density at radius 1 is 1.27 bits per heavy atom. The molecule has 0 bridgehead atoms. The van der Waals surface area contributed by atoms with Crippen molar-refractivity contribution in [1.29, 1.82) is 0 Å². The van der Waals surface area contributed by atoms with E-state index in [9.17, 15) is 0 Å². The molecule has 5 nitrogen and oxygen atoms in total. The Labute approximate surface area is 154 Å². The van der Waals surface area contributed by atoms with Crippen LogP contribution in [0.4, 0.5) is 0 Å². The Bertz CT molecular complexity index is 861. The third-order valence-electron chi connectivity index (χ3n) is 3.69. The van der Waals surface area contributed by atoms with Gasteiger partial charge in [0.2, 0.25) is 0 Å². The Morgan fingerprint density at radius 2 is 2.12 bits per heavy atom. The van der Waals surface area contributed by atoms with Gasteiger partial charge in [0.15, 0.2) is 5.82 Å². The lowest BCUT2D eigenvalue weighted by Gasteiger charge is -2.08. The molecular weight excluding hydrogens is 322 g/mol. The Hall–Kier alpha value is -3.21. The van der Waals surface area contributed by atoms with Crippen molar-refractivity contribution in [2.45, 2.75) is 20.3 Å². The molecule has 5 heteroatoms. The van der Waals surface area contributed by atoms with E-state index in [0.29, 0.717) is 5.82 Å². The fourth-order valence-electron chi connectivity index (χ4n) is 2.30. The third kappa shape index (κ3) is 5.14. The summed E-state index contributed by atoms with van der Waals surface area (Å²) in [6.45, 7) is 7.61. The SMILES string of the molecule is C=C/C=C\N=C(C)c1nccc(/C(=C/C(=NC)c2cccnc2)CC)n1. The Balaban J connectivity index is 2.38. The summed E-state index contributed by atoms with van der Waals surface area (Å²) in [4.78, 5) is 21.9. The van der Waals surface area contributed by atoms with Crippen LogP contribution in [0.15, 0.2) is 77.8 Å². The van der Waals surface area contributed by atoms with Gasteiger partial charge < -0.3 is 0 Å². The summed E-state index contributed by atoms with van der Waals surface area (Å²) in [5, 5.41) is 0. The van der Waals surface area contributed by atoms with Gasteiger partial charge in [0.25, 0.3) is 0 Å². The van der Waals surface area contributed by atoms with Crippen molar-refractivity contribution in [3.63, 3.8) is 0 Å². The average molecular weight is 345 g/mol. The van der Waals surface area contributed by atoms with E-state index in [0.717, 1.165) is 34.7 Å². The molecule has 0 aliphatic heterocycles. The highest BCUT2D eigenvalue weighted by molar-refractivity contribution is 6.12. The molecule has 2 heterocycles. The molecule has 0 spiro atoms. The predicted molar refractivity (Wildman–Crippen MR) is 109 cm³/mol. The first-order valence-electron chi connectivity index (χ1n) is 8.43. The zero-order valence-corrected chi connectivity index (χ0v) is 15.4.